The Hall–Kier alpha value is -0.370. The minimum absolute atomic E-state index is 0.464. The van der Waals surface area contributed by atoms with Crippen molar-refractivity contribution in [2.75, 3.05) is 6.54 Å². The Kier molecular flexibility index (Phi) is 4.24. The molecular formula is C15H27NO. The molecule has 2 nitrogen and oxygen atoms in total. The number of rotatable bonds is 2. The molecule has 0 aromatic rings. The van der Waals surface area contributed by atoms with Gasteiger partial charge in [0, 0.05) is 31.5 Å². The third-order valence-electron chi connectivity index (χ3n) is 4.80. The summed E-state index contributed by atoms with van der Waals surface area (Å²) in [6, 6.07) is 1.22. The lowest BCUT2D eigenvalue weighted by atomic mass is 9.76. The maximum atomic E-state index is 11.5. The van der Waals surface area contributed by atoms with E-state index in [-0.39, 0.29) is 0 Å². The number of ketones is 1. The highest BCUT2D eigenvalue weighted by molar-refractivity contribution is 5.79. The van der Waals surface area contributed by atoms with Crippen LogP contribution < -0.4 is 0 Å². The van der Waals surface area contributed by atoms with Crippen LogP contribution in [0.1, 0.15) is 59.3 Å². The van der Waals surface area contributed by atoms with Gasteiger partial charge in [-0.15, -0.1) is 0 Å². The lowest BCUT2D eigenvalue weighted by Crippen LogP contribution is -2.52. The standard InChI is InChI=1S/C15H27NO/c1-11(2)14-6-4-5-7-15(14)16-9-8-13(17)10-12(16)3/h11-12,14-15H,4-10H2,1-3H3. The van der Waals surface area contributed by atoms with E-state index < -0.39 is 0 Å². The van der Waals surface area contributed by atoms with E-state index in [2.05, 4.69) is 25.7 Å². The number of hydrogen-bond acceptors (Lipinski definition) is 2. The Morgan fingerprint density at radius 2 is 1.94 bits per heavy atom. The molecule has 17 heavy (non-hydrogen) atoms. The third kappa shape index (κ3) is 2.90. The van der Waals surface area contributed by atoms with E-state index in [4.69, 9.17) is 0 Å². The molecular weight excluding hydrogens is 210 g/mol. The smallest absolute Gasteiger partial charge is 0.135 e. The summed E-state index contributed by atoms with van der Waals surface area (Å²) in [5.41, 5.74) is 0. The van der Waals surface area contributed by atoms with Crippen LogP contribution in [-0.4, -0.2) is 29.3 Å². The van der Waals surface area contributed by atoms with Crippen LogP contribution in [0.25, 0.3) is 0 Å². The molecule has 0 aromatic carbocycles. The fraction of sp³-hybridized carbons (Fsp3) is 0.933. The largest absolute Gasteiger partial charge is 0.300 e. The molecule has 2 heteroatoms. The van der Waals surface area contributed by atoms with Crippen molar-refractivity contribution in [3.63, 3.8) is 0 Å². The van der Waals surface area contributed by atoms with E-state index in [0.29, 0.717) is 11.8 Å². The van der Waals surface area contributed by atoms with Gasteiger partial charge in [0.1, 0.15) is 5.78 Å². The summed E-state index contributed by atoms with van der Waals surface area (Å²) in [5, 5.41) is 0. The van der Waals surface area contributed by atoms with Gasteiger partial charge in [0.25, 0.3) is 0 Å². The molecule has 0 aromatic heterocycles. The predicted molar refractivity (Wildman–Crippen MR) is 71.0 cm³/mol. The molecule has 0 amide bonds. The molecule has 1 saturated carbocycles. The number of carbonyl (C=O) groups excluding carboxylic acids is 1. The van der Waals surface area contributed by atoms with Crippen LogP contribution in [0, 0.1) is 11.8 Å². The number of carbonyl (C=O) groups is 1. The zero-order chi connectivity index (χ0) is 12.4. The first-order valence-electron chi connectivity index (χ1n) is 7.37. The zero-order valence-corrected chi connectivity index (χ0v) is 11.6. The molecule has 3 unspecified atom stereocenters. The SMILES string of the molecule is CC(C)C1CCCCC1N1CCC(=O)CC1C. The molecule has 0 spiro atoms. The molecule has 2 aliphatic rings. The summed E-state index contributed by atoms with van der Waals surface area (Å²) in [6.07, 6.45) is 7.08. The fourth-order valence-corrected chi connectivity index (χ4v) is 3.85. The van der Waals surface area contributed by atoms with Gasteiger partial charge in [-0.3, -0.25) is 9.69 Å². The minimum Gasteiger partial charge on any atom is -0.300 e. The summed E-state index contributed by atoms with van der Waals surface area (Å²) < 4.78 is 0. The highest BCUT2D eigenvalue weighted by Gasteiger charge is 2.36. The number of nitrogens with zero attached hydrogens (tertiary/aromatic N) is 1. The van der Waals surface area contributed by atoms with Gasteiger partial charge in [-0.2, -0.15) is 0 Å². The molecule has 1 heterocycles. The summed E-state index contributed by atoms with van der Waals surface area (Å²) in [7, 11) is 0. The van der Waals surface area contributed by atoms with E-state index >= 15 is 0 Å². The van der Waals surface area contributed by atoms with Crippen LogP contribution >= 0.6 is 0 Å². The van der Waals surface area contributed by atoms with Crippen LogP contribution in [0.5, 0.6) is 0 Å². The zero-order valence-electron chi connectivity index (χ0n) is 11.6. The van der Waals surface area contributed by atoms with Gasteiger partial charge in [0.15, 0.2) is 0 Å². The van der Waals surface area contributed by atoms with Crippen LogP contribution in [0.15, 0.2) is 0 Å². The van der Waals surface area contributed by atoms with E-state index in [1.54, 1.807) is 0 Å². The van der Waals surface area contributed by atoms with Gasteiger partial charge < -0.3 is 0 Å². The van der Waals surface area contributed by atoms with Crippen molar-refractivity contribution >= 4 is 5.78 Å². The Morgan fingerprint density at radius 1 is 1.24 bits per heavy atom. The average Bonchev–Trinajstić information content (AvgIpc) is 2.29. The highest BCUT2D eigenvalue weighted by atomic mass is 16.1. The normalized spacial score (nSPS) is 36.5. The second kappa shape index (κ2) is 5.51. The summed E-state index contributed by atoms with van der Waals surface area (Å²) in [6.45, 7) is 7.97. The molecule has 2 rings (SSSR count). The molecule has 1 aliphatic carbocycles. The van der Waals surface area contributed by atoms with Crippen molar-refractivity contribution in [2.24, 2.45) is 11.8 Å². The molecule has 1 saturated heterocycles. The Balaban J connectivity index is 2.05. The van der Waals surface area contributed by atoms with E-state index in [0.717, 1.165) is 37.3 Å². The fourth-order valence-electron chi connectivity index (χ4n) is 3.85. The monoisotopic (exact) mass is 237 g/mol. The highest BCUT2D eigenvalue weighted by Crippen LogP contribution is 2.35. The number of Topliss-reactive ketones (excluding diaryl/α,β-unsaturated/α-hetero) is 1. The Bertz CT molecular complexity index is 274. The van der Waals surface area contributed by atoms with Gasteiger partial charge in [-0.25, -0.2) is 0 Å². The van der Waals surface area contributed by atoms with Crippen LogP contribution in [0.2, 0.25) is 0 Å². The lowest BCUT2D eigenvalue weighted by molar-refractivity contribution is -0.124. The van der Waals surface area contributed by atoms with Crippen molar-refractivity contribution in [1.82, 2.24) is 4.90 Å². The molecule has 0 N–H and O–H groups in total. The van der Waals surface area contributed by atoms with Gasteiger partial charge in [0.05, 0.1) is 0 Å². The van der Waals surface area contributed by atoms with Gasteiger partial charge >= 0.3 is 0 Å². The molecule has 98 valence electrons. The second-order valence-electron chi connectivity index (χ2n) is 6.34. The molecule has 0 radical (unpaired) electrons. The van der Waals surface area contributed by atoms with Crippen LogP contribution in [-0.2, 0) is 4.79 Å². The Labute approximate surface area is 106 Å². The average molecular weight is 237 g/mol. The van der Waals surface area contributed by atoms with Crippen LogP contribution in [0.3, 0.4) is 0 Å². The predicted octanol–water partition coefficient (Wildman–Crippen LogP) is 3.25. The number of likely N-dealkylation sites (tertiary alicyclic amines) is 1. The number of hydrogen-bond donors (Lipinski definition) is 0. The first-order valence-corrected chi connectivity index (χ1v) is 7.37. The first kappa shape index (κ1) is 13.1. The van der Waals surface area contributed by atoms with Gasteiger partial charge in [-0.05, 0) is 31.6 Å². The first-order chi connectivity index (χ1) is 8.09. The van der Waals surface area contributed by atoms with Crippen molar-refractivity contribution < 1.29 is 4.79 Å². The van der Waals surface area contributed by atoms with E-state index in [9.17, 15) is 4.79 Å². The molecule has 1 aliphatic heterocycles. The molecule has 0 bridgehead atoms. The summed E-state index contributed by atoms with van der Waals surface area (Å²) in [4.78, 5) is 14.1. The van der Waals surface area contributed by atoms with E-state index in [1.165, 1.54) is 25.7 Å². The maximum absolute atomic E-state index is 11.5. The van der Waals surface area contributed by atoms with Crippen molar-refractivity contribution in [1.29, 1.82) is 0 Å². The van der Waals surface area contributed by atoms with Crippen molar-refractivity contribution in [3.8, 4) is 0 Å². The van der Waals surface area contributed by atoms with Crippen LogP contribution in [0.4, 0.5) is 0 Å². The molecule has 3 atom stereocenters. The quantitative estimate of drug-likeness (QED) is 0.735. The van der Waals surface area contributed by atoms with Crippen molar-refractivity contribution in [2.45, 2.75) is 71.4 Å². The van der Waals surface area contributed by atoms with Gasteiger partial charge in [-0.1, -0.05) is 26.7 Å². The minimum atomic E-state index is 0.464. The van der Waals surface area contributed by atoms with E-state index in [1.807, 2.05) is 0 Å². The lowest BCUT2D eigenvalue weighted by Gasteiger charge is -2.46. The number of piperidine rings is 1. The summed E-state index contributed by atoms with van der Waals surface area (Å²) in [5.74, 6) is 2.09. The third-order valence-corrected chi connectivity index (χ3v) is 4.80. The Morgan fingerprint density at radius 3 is 2.59 bits per heavy atom. The van der Waals surface area contributed by atoms with Crippen molar-refractivity contribution in [3.05, 3.63) is 0 Å². The maximum Gasteiger partial charge on any atom is 0.135 e. The van der Waals surface area contributed by atoms with Gasteiger partial charge in [0.2, 0.25) is 0 Å². The topological polar surface area (TPSA) is 20.3 Å². The summed E-state index contributed by atoms with van der Waals surface area (Å²) >= 11 is 0. The second-order valence-corrected chi connectivity index (χ2v) is 6.34. The molecule has 2 fully saturated rings.